The van der Waals surface area contributed by atoms with Crippen LogP contribution in [-0.4, -0.2) is 32.8 Å². The summed E-state index contributed by atoms with van der Waals surface area (Å²) in [6, 6.07) is 11.9. The maximum atomic E-state index is 11.9. The molecule has 0 aliphatic heterocycles. The van der Waals surface area contributed by atoms with E-state index in [0.29, 0.717) is 0 Å². The molecule has 0 unspecified atom stereocenters. The molecule has 0 atom stereocenters. The van der Waals surface area contributed by atoms with E-state index in [9.17, 15) is 4.79 Å². The summed E-state index contributed by atoms with van der Waals surface area (Å²) >= 11 is 2.26. The Morgan fingerprint density at radius 3 is 2.36 bits per heavy atom. The van der Waals surface area contributed by atoms with Crippen molar-refractivity contribution in [2.45, 2.75) is 13.8 Å². The Morgan fingerprint density at radius 2 is 1.80 bits per heavy atom. The van der Waals surface area contributed by atoms with Crippen molar-refractivity contribution in [1.82, 2.24) is 5.43 Å². The molecular formula is C19H22IN3O2. The van der Waals surface area contributed by atoms with E-state index in [-0.39, 0.29) is 12.5 Å². The van der Waals surface area contributed by atoms with E-state index in [1.807, 2.05) is 69.2 Å². The predicted molar refractivity (Wildman–Crippen MR) is 111 cm³/mol. The Labute approximate surface area is 162 Å². The number of nitrogens with one attached hydrogen (secondary N) is 1. The van der Waals surface area contributed by atoms with Crippen LogP contribution in [0.15, 0.2) is 41.5 Å². The van der Waals surface area contributed by atoms with Gasteiger partial charge in [-0.05, 0) is 77.4 Å². The summed E-state index contributed by atoms with van der Waals surface area (Å²) in [5.41, 5.74) is 6.54. The van der Waals surface area contributed by atoms with Gasteiger partial charge in [-0.1, -0.05) is 12.1 Å². The summed E-state index contributed by atoms with van der Waals surface area (Å²) in [5.74, 6) is 0.456. The largest absolute Gasteiger partial charge is 0.483 e. The van der Waals surface area contributed by atoms with Crippen molar-refractivity contribution in [2.75, 3.05) is 25.6 Å². The Morgan fingerprint density at radius 1 is 1.20 bits per heavy atom. The number of carbonyl (C=O) groups is 1. The predicted octanol–water partition coefficient (Wildman–Crippen LogP) is 3.50. The molecule has 132 valence electrons. The highest BCUT2D eigenvalue weighted by Gasteiger charge is 2.08. The van der Waals surface area contributed by atoms with Crippen molar-refractivity contribution in [3.05, 3.63) is 56.7 Å². The number of hydrazone groups is 1. The Kier molecular flexibility index (Phi) is 6.81. The van der Waals surface area contributed by atoms with Gasteiger partial charge in [0.2, 0.25) is 0 Å². The smallest absolute Gasteiger partial charge is 0.277 e. The van der Waals surface area contributed by atoms with Crippen LogP contribution in [0.25, 0.3) is 0 Å². The summed E-state index contributed by atoms with van der Waals surface area (Å²) in [6.45, 7) is 3.87. The van der Waals surface area contributed by atoms with Gasteiger partial charge in [0.1, 0.15) is 5.75 Å². The SMILES string of the molecule is Cc1cc(I)cc(C)c1OCC(=O)N/N=C\c1ccc(N(C)C)cc1. The fourth-order valence-corrected chi connectivity index (χ4v) is 3.27. The molecule has 0 aliphatic carbocycles. The molecular weight excluding hydrogens is 429 g/mol. The molecule has 6 heteroatoms. The van der Waals surface area contributed by atoms with E-state index >= 15 is 0 Å². The number of anilines is 1. The first-order chi connectivity index (χ1) is 11.9. The van der Waals surface area contributed by atoms with Crippen LogP contribution in [0.1, 0.15) is 16.7 Å². The third-order valence-corrected chi connectivity index (χ3v) is 4.21. The molecule has 0 saturated carbocycles. The number of hydrogen-bond donors (Lipinski definition) is 1. The van der Waals surface area contributed by atoms with Gasteiger partial charge >= 0.3 is 0 Å². The summed E-state index contributed by atoms with van der Waals surface area (Å²) in [4.78, 5) is 13.9. The number of hydrogen-bond acceptors (Lipinski definition) is 4. The molecule has 2 aromatic carbocycles. The van der Waals surface area contributed by atoms with Gasteiger partial charge in [-0.3, -0.25) is 4.79 Å². The van der Waals surface area contributed by atoms with Crippen LogP contribution in [0.2, 0.25) is 0 Å². The van der Waals surface area contributed by atoms with Gasteiger partial charge in [0.05, 0.1) is 6.21 Å². The van der Waals surface area contributed by atoms with Gasteiger partial charge in [-0.2, -0.15) is 5.10 Å². The lowest BCUT2D eigenvalue weighted by molar-refractivity contribution is -0.123. The number of carbonyl (C=O) groups excluding carboxylic acids is 1. The summed E-state index contributed by atoms with van der Waals surface area (Å²) in [7, 11) is 3.97. The van der Waals surface area contributed by atoms with Gasteiger partial charge < -0.3 is 9.64 Å². The molecule has 25 heavy (non-hydrogen) atoms. The maximum absolute atomic E-state index is 11.9. The highest BCUT2D eigenvalue weighted by Crippen LogP contribution is 2.25. The number of ether oxygens (including phenoxy) is 1. The monoisotopic (exact) mass is 451 g/mol. The lowest BCUT2D eigenvalue weighted by Crippen LogP contribution is -2.25. The topological polar surface area (TPSA) is 53.9 Å². The van der Waals surface area contributed by atoms with Gasteiger partial charge in [-0.25, -0.2) is 5.43 Å². The van der Waals surface area contributed by atoms with Crippen LogP contribution in [0.5, 0.6) is 5.75 Å². The first-order valence-corrected chi connectivity index (χ1v) is 8.93. The number of amides is 1. The van der Waals surface area contributed by atoms with E-state index in [0.717, 1.165) is 31.7 Å². The van der Waals surface area contributed by atoms with E-state index < -0.39 is 0 Å². The number of aryl methyl sites for hydroxylation is 2. The molecule has 0 bridgehead atoms. The van der Waals surface area contributed by atoms with Gasteiger partial charge in [-0.15, -0.1) is 0 Å². The second kappa shape index (κ2) is 8.84. The average molecular weight is 451 g/mol. The summed E-state index contributed by atoms with van der Waals surface area (Å²) < 4.78 is 6.78. The molecule has 0 aliphatic rings. The molecule has 1 amide bonds. The van der Waals surface area contributed by atoms with Crippen LogP contribution < -0.4 is 15.1 Å². The Hall–Kier alpha value is -2.09. The Balaban J connectivity index is 1.86. The van der Waals surface area contributed by atoms with Crippen LogP contribution in [0.3, 0.4) is 0 Å². The first-order valence-electron chi connectivity index (χ1n) is 7.85. The molecule has 2 rings (SSSR count). The lowest BCUT2D eigenvalue weighted by Gasteiger charge is -2.12. The maximum Gasteiger partial charge on any atom is 0.277 e. The van der Waals surface area contributed by atoms with Crippen molar-refractivity contribution in [2.24, 2.45) is 5.10 Å². The molecule has 0 spiro atoms. The zero-order chi connectivity index (χ0) is 18.4. The molecule has 0 fully saturated rings. The first kappa shape index (κ1) is 19.2. The van der Waals surface area contributed by atoms with Crippen molar-refractivity contribution in [3.63, 3.8) is 0 Å². The van der Waals surface area contributed by atoms with Gasteiger partial charge in [0, 0.05) is 23.4 Å². The normalized spacial score (nSPS) is 10.8. The standard InChI is InChI=1S/C19H22IN3O2/c1-13-9-16(20)10-14(2)19(13)25-12-18(24)22-21-11-15-5-7-17(8-6-15)23(3)4/h5-11H,12H2,1-4H3,(H,22,24)/b21-11-. The van der Waals surface area contributed by atoms with Gasteiger partial charge in [0.25, 0.3) is 5.91 Å². The summed E-state index contributed by atoms with van der Waals surface area (Å²) in [5, 5.41) is 3.97. The van der Waals surface area contributed by atoms with E-state index in [1.165, 1.54) is 0 Å². The second-order valence-electron chi connectivity index (χ2n) is 5.94. The van der Waals surface area contributed by atoms with Crippen LogP contribution >= 0.6 is 22.6 Å². The minimum atomic E-state index is -0.293. The van der Waals surface area contributed by atoms with Crippen LogP contribution in [-0.2, 0) is 4.79 Å². The number of halogens is 1. The number of benzene rings is 2. The molecule has 2 aromatic rings. The highest BCUT2D eigenvalue weighted by atomic mass is 127. The van der Waals surface area contributed by atoms with E-state index in [2.05, 4.69) is 33.1 Å². The minimum Gasteiger partial charge on any atom is -0.483 e. The fourth-order valence-electron chi connectivity index (χ4n) is 2.33. The quantitative estimate of drug-likeness (QED) is 0.416. The highest BCUT2D eigenvalue weighted by molar-refractivity contribution is 14.1. The molecule has 5 nitrogen and oxygen atoms in total. The molecule has 0 saturated heterocycles. The van der Waals surface area contributed by atoms with E-state index in [1.54, 1.807) is 6.21 Å². The zero-order valence-corrected chi connectivity index (χ0v) is 17.0. The third kappa shape index (κ3) is 5.74. The average Bonchev–Trinajstić information content (AvgIpc) is 2.54. The molecule has 0 heterocycles. The molecule has 0 radical (unpaired) electrons. The summed E-state index contributed by atoms with van der Waals surface area (Å²) in [6.07, 6.45) is 1.61. The number of nitrogens with zero attached hydrogens (tertiary/aromatic N) is 2. The fraction of sp³-hybridized carbons (Fsp3) is 0.263. The Bertz CT molecular complexity index is 748. The molecule has 1 N–H and O–H groups in total. The van der Waals surface area contributed by atoms with Crippen molar-refractivity contribution >= 4 is 40.4 Å². The lowest BCUT2D eigenvalue weighted by atomic mass is 10.1. The van der Waals surface area contributed by atoms with Crippen molar-refractivity contribution in [3.8, 4) is 5.75 Å². The number of rotatable bonds is 6. The van der Waals surface area contributed by atoms with Crippen molar-refractivity contribution < 1.29 is 9.53 Å². The second-order valence-corrected chi connectivity index (χ2v) is 7.18. The van der Waals surface area contributed by atoms with Crippen LogP contribution in [0, 0.1) is 17.4 Å². The third-order valence-electron chi connectivity index (χ3n) is 3.59. The van der Waals surface area contributed by atoms with Gasteiger partial charge in [0.15, 0.2) is 6.61 Å². The van der Waals surface area contributed by atoms with Crippen LogP contribution in [0.4, 0.5) is 5.69 Å². The van der Waals surface area contributed by atoms with Crippen molar-refractivity contribution in [1.29, 1.82) is 0 Å². The minimum absolute atomic E-state index is 0.0703. The van der Waals surface area contributed by atoms with E-state index in [4.69, 9.17) is 4.74 Å². The molecule has 0 aromatic heterocycles. The zero-order valence-electron chi connectivity index (χ0n) is 14.8.